The minimum absolute atomic E-state index is 0.894. The van der Waals surface area contributed by atoms with Crippen LogP contribution < -0.4 is 0 Å². The molecule has 2 nitrogen and oxygen atoms in total. The Labute approximate surface area is 182 Å². The van der Waals surface area contributed by atoms with Crippen LogP contribution in [0.25, 0.3) is 45.8 Å². The normalized spacial score (nSPS) is 14.1. The van der Waals surface area contributed by atoms with Crippen molar-refractivity contribution in [2.24, 2.45) is 0 Å². The van der Waals surface area contributed by atoms with Crippen molar-refractivity contribution in [3.8, 4) is 16.8 Å². The minimum Gasteiger partial charge on any atom is -0.358 e. The monoisotopic (exact) mass is 400 g/mol. The van der Waals surface area contributed by atoms with E-state index in [1.807, 2.05) is 6.08 Å². The third kappa shape index (κ3) is 2.65. The molecule has 2 heterocycles. The molecule has 0 radical (unpaired) electrons. The van der Waals surface area contributed by atoms with Crippen LogP contribution in [0.1, 0.15) is 33.9 Å². The lowest BCUT2D eigenvalue weighted by Crippen LogP contribution is -2.02. The standard InChI is InChI=1S/C29H24N2/c1-3-23-19(2)30-25-13-9-15-27-29(28(23)25)24-12-5-4-6-14-26(24)31(27)22-17-16-20-10-7-8-11-21(20)18-22/h3-11,13-14,16-18,30H,1,12,15H2,2H3. The Balaban J connectivity index is 1.72. The van der Waals surface area contributed by atoms with Crippen LogP contribution in [0.2, 0.25) is 0 Å². The number of benzene rings is 2. The van der Waals surface area contributed by atoms with Crippen molar-refractivity contribution >= 4 is 29.0 Å². The first kappa shape index (κ1) is 18.0. The predicted octanol–water partition coefficient (Wildman–Crippen LogP) is 7.27. The fourth-order valence-electron chi connectivity index (χ4n) is 5.19. The second-order valence-electron chi connectivity index (χ2n) is 8.31. The molecule has 150 valence electrons. The molecule has 0 aliphatic heterocycles. The Hall–Kier alpha value is -3.78. The van der Waals surface area contributed by atoms with Crippen LogP contribution in [0.5, 0.6) is 0 Å². The number of allylic oxidation sites excluding steroid dienone is 4. The number of fused-ring (bicyclic) bond motifs is 6. The number of aromatic amines is 1. The van der Waals surface area contributed by atoms with Gasteiger partial charge in [-0.25, -0.2) is 0 Å². The van der Waals surface area contributed by atoms with Gasteiger partial charge in [0.2, 0.25) is 0 Å². The van der Waals surface area contributed by atoms with E-state index in [-0.39, 0.29) is 0 Å². The van der Waals surface area contributed by atoms with Gasteiger partial charge in [0.15, 0.2) is 0 Å². The zero-order valence-electron chi connectivity index (χ0n) is 17.7. The first-order chi connectivity index (χ1) is 15.3. The Kier molecular flexibility index (Phi) is 4.00. The largest absolute Gasteiger partial charge is 0.358 e. The van der Waals surface area contributed by atoms with Crippen molar-refractivity contribution in [3.63, 3.8) is 0 Å². The van der Waals surface area contributed by atoms with Crippen molar-refractivity contribution in [2.75, 3.05) is 0 Å². The average molecular weight is 401 g/mol. The predicted molar refractivity (Wildman–Crippen MR) is 133 cm³/mol. The van der Waals surface area contributed by atoms with E-state index in [0.717, 1.165) is 12.8 Å². The van der Waals surface area contributed by atoms with Crippen LogP contribution in [-0.2, 0) is 12.8 Å². The van der Waals surface area contributed by atoms with Gasteiger partial charge in [0.1, 0.15) is 0 Å². The van der Waals surface area contributed by atoms with Gasteiger partial charge in [0, 0.05) is 45.9 Å². The van der Waals surface area contributed by atoms with Gasteiger partial charge in [-0.1, -0.05) is 67.3 Å². The minimum atomic E-state index is 0.894. The van der Waals surface area contributed by atoms with Crippen molar-refractivity contribution < 1.29 is 0 Å². The summed E-state index contributed by atoms with van der Waals surface area (Å²) in [5.41, 5.74) is 11.4. The molecular weight excluding hydrogens is 376 g/mol. The van der Waals surface area contributed by atoms with Gasteiger partial charge in [-0.05, 0) is 54.0 Å². The topological polar surface area (TPSA) is 20.7 Å². The van der Waals surface area contributed by atoms with Gasteiger partial charge < -0.3 is 9.55 Å². The summed E-state index contributed by atoms with van der Waals surface area (Å²) in [7, 11) is 0. The van der Waals surface area contributed by atoms with E-state index in [4.69, 9.17) is 0 Å². The van der Waals surface area contributed by atoms with Crippen LogP contribution >= 0.6 is 0 Å². The molecule has 0 fully saturated rings. The maximum atomic E-state index is 4.13. The zero-order chi connectivity index (χ0) is 20.9. The molecule has 1 N–H and O–H groups in total. The fourth-order valence-corrected chi connectivity index (χ4v) is 5.19. The highest BCUT2D eigenvalue weighted by molar-refractivity contribution is 5.91. The van der Waals surface area contributed by atoms with Crippen LogP contribution in [0.4, 0.5) is 0 Å². The molecule has 2 heteroatoms. The van der Waals surface area contributed by atoms with E-state index in [9.17, 15) is 0 Å². The molecule has 31 heavy (non-hydrogen) atoms. The van der Waals surface area contributed by atoms with Crippen LogP contribution in [0.3, 0.4) is 0 Å². The second-order valence-corrected chi connectivity index (χ2v) is 8.31. The molecule has 0 spiro atoms. The molecule has 0 saturated carbocycles. The number of nitrogens with zero attached hydrogens (tertiary/aromatic N) is 1. The van der Waals surface area contributed by atoms with Gasteiger partial charge in [-0.15, -0.1) is 0 Å². The lowest BCUT2D eigenvalue weighted by atomic mass is 9.94. The SMILES string of the molecule is C=Cc1c(C)[nH]c2c1-c1c3c(n(-c4ccc5ccccc5c4)c1CC=C2)C=CC=CC3. The highest BCUT2D eigenvalue weighted by Gasteiger charge is 2.28. The highest BCUT2D eigenvalue weighted by Crippen LogP contribution is 2.44. The lowest BCUT2D eigenvalue weighted by Gasteiger charge is -2.13. The van der Waals surface area contributed by atoms with Crippen LogP contribution in [0.15, 0.2) is 73.3 Å². The van der Waals surface area contributed by atoms with E-state index < -0.39 is 0 Å². The molecule has 0 atom stereocenters. The van der Waals surface area contributed by atoms with Crippen molar-refractivity contribution in [2.45, 2.75) is 19.8 Å². The maximum absolute atomic E-state index is 4.13. The van der Waals surface area contributed by atoms with Crippen molar-refractivity contribution in [1.82, 2.24) is 9.55 Å². The Morgan fingerprint density at radius 3 is 2.68 bits per heavy atom. The first-order valence-corrected chi connectivity index (χ1v) is 10.9. The Morgan fingerprint density at radius 1 is 0.935 bits per heavy atom. The summed E-state index contributed by atoms with van der Waals surface area (Å²) >= 11 is 0. The van der Waals surface area contributed by atoms with E-state index in [0.29, 0.717) is 0 Å². The third-order valence-corrected chi connectivity index (χ3v) is 6.54. The van der Waals surface area contributed by atoms with Crippen LogP contribution in [0, 0.1) is 6.92 Å². The van der Waals surface area contributed by atoms with Crippen LogP contribution in [-0.4, -0.2) is 9.55 Å². The number of H-pyrrole nitrogens is 1. The van der Waals surface area contributed by atoms with Crippen molar-refractivity contribution in [1.29, 1.82) is 0 Å². The van der Waals surface area contributed by atoms with E-state index in [1.165, 1.54) is 61.5 Å². The van der Waals surface area contributed by atoms with Gasteiger partial charge >= 0.3 is 0 Å². The molecule has 2 aromatic carbocycles. The number of hydrogen-bond acceptors (Lipinski definition) is 0. The van der Waals surface area contributed by atoms with Gasteiger partial charge in [-0.2, -0.15) is 0 Å². The third-order valence-electron chi connectivity index (χ3n) is 6.54. The number of rotatable bonds is 2. The fraction of sp³-hybridized carbons (Fsp3) is 0.103. The van der Waals surface area contributed by atoms with Crippen molar-refractivity contribution in [3.05, 3.63) is 107 Å². The number of aryl methyl sites for hydroxylation is 1. The zero-order valence-corrected chi connectivity index (χ0v) is 17.7. The van der Waals surface area contributed by atoms with Gasteiger partial charge in [0.25, 0.3) is 0 Å². The molecule has 4 aromatic rings. The molecule has 0 bridgehead atoms. The van der Waals surface area contributed by atoms with E-state index in [1.54, 1.807) is 0 Å². The van der Waals surface area contributed by atoms with E-state index >= 15 is 0 Å². The molecule has 2 aromatic heterocycles. The molecule has 0 amide bonds. The summed E-state index contributed by atoms with van der Waals surface area (Å²) in [4.78, 5) is 3.59. The first-order valence-electron chi connectivity index (χ1n) is 10.9. The quantitative estimate of drug-likeness (QED) is 0.365. The second kappa shape index (κ2) is 6.88. The Bertz CT molecular complexity index is 1450. The molecule has 2 aliphatic rings. The summed E-state index contributed by atoms with van der Waals surface area (Å²) in [6, 6.07) is 15.4. The molecular formula is C29H24N2. The molecule has 0 unspecified atom stereocenters. The van der Waals surface area contributed by atoms with Gasteiger partial charge in [0.05, 0.1) is 5.69 Å². The smallest absolute Gasteiger partial charge is 0.0500 e. The summed E-state index contributed by atoms with van der Waals surface area (Å²) in [5.74, 6) is 0. The number of hydrogen-bond donors (Lipinski definition) is 1. The number of aromatic nitrogens is 2. The highest BCUT2D eigenvalue weighted by atomic mass is 15.0. The average Bonchev–Trinajstić information content (AvgIpc) is 3.04. The number of nitrogens with one attached hydrogen (secondary N) is 1. The lowest BCUT2D eigenvalue weighted by molar-refractivity contribution is 0.966. The summed E-state index contributed by atoms with van der Waals surface area (Å²) in [6.45, 7) is 6.26. The summed E-state index contributed by atoms with van der Waals surface area (Å²) < 4.78 is 2.47. The maximum Gasteiger partial charge on any atom is 0.0500 e. The van der Waals surface area contributed by atoms with Gasteiger partial charge in [-0.3, -0.25) is 0 Å². The molecule has 0 saturated heterocycles. The summed E-state index contributed by atoms with van der Waals surface area (Å²) in [6.07, 6.45) is 17.2. The molecule has 6 rings (SSSR count). The Morgan fingerprint density at radius 2 is 1.81 bits per heavy atom. The summed E-state index contributed by atoms with van der Waals surface area (Å²) in [5, 5.41) is 2.53. The molecule has 2 aliphatic carbocycles. The van der Waals surface area contributed by atoms with E-state index in [2.05, 4.69) is 102 Å².